The largest absolute Gasteiger partial charge is 0.462 e. The van der Waals surface area contributed by atoms with Crippen LogP contribution in [0, 0.1) is 0 Å². The molecule has 0 fully saturated rings. The summed E-state index contributed by atoms with van der Waals surface area (Å²) in [7, 11) is 0. The summed E-state index contributed by atoms with van der Waals surface area (Å²) < 4.78 is 16.7. The van der Waals surface area contributed by atoms with Crippen LogP contribution in [0.2, 0.25) is 0 Å². The number of carbonyl (C=O) groups excluding carboxylic acids is 3. The first-order chi connectivity index (χ1) is 34.0. The van der Waals surface area contributed by atoms with Gasteiger partial charge in [-0.1, -0.05) is 246 Å². The molecule has 0 spiro atoms. The molecule has 0 aliphatic carbocycles. The summed E-state index contributed by atoms with van der Waals surface area (Å²) in [6.07, 6.45) is 75.9. The Labute approximate surface area is 426 Å². The summed E-state index contributed by atoms with van der Waals surface area (Å²) in [6, 6.07) is 0. The van der Waals surface area contributed by atoms with Gasteiger partial charge in [-0.3, -0.25) is 14.4 Å². The Morgan fingerprint density at radius 1 is 0.304 bits per heavy atom. The first-order valence-electron chi connectivity index (χ1n) is 28.7. The van der Waals surface area contributed by atoms with Crippen molar-refractivity contribution in [3.63, 3.8) is 0 Å². The molecule has 0 aliphatic rings. The average molecular weight is 960 g/mol. The van der Waals surface area contributed by atoms with E-state index in [0.29, 0.717) is 19.3 Å². The molecule has 0 aromatic carbocycles. The Morgan fingerprint density at radius 3 is 0.884 bits per heavy atom. The number of allylic oxidation sites excluding steroid dienone is 16. The van der Waals surface area contributed by atoms with Gasteiger partial charge >= 0.3 is 17.9 Å². The molecule has 1 atom stereocenters. The highest BCUT2D eigenvalue weighted by Crippen LogP contribution is 2.15. The molecule has 0 saturated heterocycles. The second-order valence-corrected chi connectivity index (χ2v) is 18.8. The van der Waals surface area contributed by atoms with Crippen molar-refractivity contribution in [1.29, 1.82) is 0 Å². The molecular formula is C63H106O6. The minimum absolute atomic E-state index is 0.0814. The third kappa shape index (κ3) is 55.1. The highest BCUT2D eigenvalue weighted by atomic mass is 16.6. The van der Waals surface area contributed by atoms with Crippen LogP contribution in [0.1, 0.15) is 265 Å². The summed E-state index contributed by atoms with van der Waals surface area (Å²) in [6.45, 7) is 6.33. The normalized spacial score (nSPS) is 12.8. The van der Waals surface area contributed by atoms with Crippen LogP contribution in [0.3, 0.4) is 0 Å². The Balaban J connectivity index is 4.11. The number of esters is 3. The van der Waals surface area contributed by atoms with E-state index in [1.165, 1.54) is 103 Å². The first-order valence-corrected chi connectivity index (χ1v) is 28.7. The van der Waals surface area contributed by atoms with Crippen LogP contribution in [-0.4, -0.2) is 37.2 Å². The van der Waals surface area contributed by atoms with E-state index >= 15 is 0 Å². The number of hydrogen-bond acceptors (Lipinski definition) is 6. The summed E-state index contributed by atoms with van der Waals surface area (Å²) in [5, 5.41) is 0. The highest BCUT2D eigenvalue weighted by Gasteiger charge is 2.19. The fourth-order valence-corrected chi connectivity index (χ4v) is 7.84. The summed E-state index contributed by atoms with van der Waals surface area (Å²) in [5.74, 6) is -0.903. The highest BCUT2D eigenvalue weighted by molar-refractivity contribution is 5.71. The van der Waals surface area contributed by atoms with Crippen LogP contribution in [0.5, 0.6) is 0 Å². The zero-order valence-corrected chi connectivity index (χ0v) is 45.0. The molecule has 394 valence electrons. The Bertz CT molecular complexity index is 1380. The van der Waals surface area contributed by atoms with Gasteiger partial charge in [0.25, 0.3) is 0 Å². The predicted octanol–water partition coefficient (Wildman–Crippen LogP) is 19.3. The lowest BCUT2D eigenvalue weighted by molar-refractivity contribution is -0.167. The topological polar surface area (TPSA) is 78.9 Å². The van der Waals surface area contributed by atoms with Crippen LogP contribution in [-0.2, 0) is 28.6 Å². The van der Waals surface area contributed by atoms with E-state index in [-0.39, 0.29) is 31.1 Å². The van der Waals surface area contributed by atoms with Crippen molar-refractivity contribution in [2.24, 2.45) is 0 Å². The van der Waals surface area contributed by atoms with Crippen LogP contribution in [0.4, 0.5) is 0 Å². The molecule has 0 heterocycles. The molecule has 69 heavy (non-hydrogen) atoms. The van der Waals surface area contributed by atoms with E-state index in [2.05, 4.69) is 118 Å². The molecule has 1 unspecified atom stereocenters. The Kier molecular flexibility index (Phi) is 53.9. The summed E-state index contributed by atoms with van der Waals surface area (Å²) in [4.78, 5) is 37.8. The average Bonchev–Trinajstić information content (AvgIpc) is 3.35. The van der Waals surface area contributed by atoms with Gasteiger partial charge in [-0.25, -0.2) is 0 Å². The Morgan fingerprint density at radius 2 is 0.565 bits per heavy atom. The number of unbranched alkanes of at least 4 members (excludes halogenated alkanes) is 24. The molecule has 0 aliphatic heterocycles. The predicted molar refractivity (Wildman–Crippen MR) is 297 cm³/mol. The fraction of sp³-hybridized carbons (Fsp3) is 0.698. The SMILES string of the molecule is CC/C=C\C/C=C\C/C=C\C/C=C\CCCCCCCCCCCCCCC(=O)OCC(COC(=O)CCCCCCC)OC(=O)CCCCCCCCCC/C=C\C/C=C\C/C=C\C/C=C\CC. The van der Waals surface area contributed by atoms with Crippen molar-refractivity contribution in [3.8, 4) is 0 Å². The molecule has 0 amide bonds. The van der Waals surface area contributed by atoms with Gasteiger partial charge in [0.1, 0.15) is 13.2 Å². The van der Waals surface area contributed by atoms with Crippen molar-refractivity contribution in [2.75, 3.05) is 13.2 Å². The van der Waals surface area contributed by atoms with Gasteiger partial charge in [-0.05, 0) is 96.3 Å². The molecule has 6 heteroatoms. The monoisotopic (exact) mass is 959 g/mol. The second-order valence-electron chi connectivity index (χ2n) is 18.8. The molecule has 0 bridgehead atoms. The maximum atomic E-state index is 12.8. The van der Waals surface area contributed by atoms with Crippen molar-refractivity contribution in [1.82, 2.24) is 0 Å². The standard InChI is InChI=1S/C63H106O6/c1-4-7-10-13-15-17-19-21-23-25-27-29-30-31-32-34-35-37-39-41-43-45-47-50-53-56-62(65)68-59-60(58-67-61(64)55-52-49-12-9-6-3)69-63(66)57-54-51-48-46-44-42-40-38-36-33-28-26-24-22-20-18-16-14-11-8-5-2/h7-8,10-11,15-18,21-24,27-29,33,60H,4-6,9,12-14,19-20,25-26,30-32,34-59H2,1-3H3/b10-7-,11-8-,17-15-,18-16-,23-21-,24-22-,29-27-,33-28-. The minimum atomic E-state index is -0.779. The minimum Gasteiger partial charge on any atom is -0.462 e. The van der Waals surface area contributed by atoms with Gasteiger partial charge in [0.15, 0.2) is 6.10 Å². The third-order valence-corrected chi connectivity index (χ3v) is 12.1. The van der Waals surface area contributed by atoms with Gasteiger partial charge in [0.05, 0.1) is 0 Å². The maximum Gasteiger partial charge on any atom is 0.306 e. The van der Waals surface area contributed by atoms with Crippen molar-refractivity contribution in [2.45, 2.75) is 271 Å². The van der Waals surface area contributed by atoms with Gasteiger partial charge in [0, 0.05) is 19.3 Å². The fourth-order valence-electron chi connectivity index (χ4n) is 7.84. The van der Waals surface area contributed by atoms with E-state index in [1.807, 2.05) is 0 Å². The van der Waals surface area contributed by atoms with Gasteiger partial charge in [0.2, 0.25) is 0 Å². The van der Waals surface area contributed by atoms with Crippen molar-refractivity contribution >= 4 is 17.9 Å². The number of hydrogen-bond donors (Lipinski definition) is 0. The van der Waals surface area contributed by atoms with Gasteiger partial charge in [-0.2, -0.15) is 0 Å². The molecule has 0 rings (SSSR count). The molecule has 0 saturated carbocycles. The zero-order chi connectivity index (χ0) is 50.0. The maximum absolute atomic E-state index is 12.8. The molecule has 0 aromatic rings. The molecule has 6 nitrogen and oxygen atoms in total. The summed E-state index contributed by atoms with van der Waals surface area (Å²) >= 11 is 0. The van der Waals surface area contributed by atoms with E-state index in [4.69, 9.17) is 14.2 Å². The quantitative estimate of drug-likeness (QED) is 0.0262. The molecule has 0 aromatic heterocycles. The number of ether oxygens (including phenoxy) is 3. The number of rotatable bonds is 51. The van der Waals surface area contributed by atoms with Crippen LogP contribution < -0.4 is 0 Å². The smallest absolute Gasteiger partial charge is 0.306 e. The first kappa shape index (κ1) is 65.3. The van der Waals surface area contributed by atoms with Gasteiger partial charge in [-0.15, -0.1) is 0 Å². The van der Waals surface area contributed by atoms with E-state index in [0.717, 1.165) is 122 Å². The molecule has 0 radical (unpaired) electrons. The summed E-state index contributed by atoms with van der Waals surface area (Å²) in [5.41, 5.74) is 0. The second kappa shape index (κ2) is 56.9. The lowest BCUT2D eigenvalue weighted by atomic mass is 10.0. The van der Waals surface area contributed by atoms with Crippen molar-refractivity contribution in [3.05, 3.63) is 97.2 Å². The van der Waals surface area contributed by atoms with Crippen LogP contribution >= 0.6 is 0 Å². The van der Waals surface area contributed by atoms with Gasteiger partial charge < -0.3 is 14.2 Å². The van der Waals surface area contributed by atoms with E-state index < -0.39 is 6.10 Å². The third-order valence-electron chi connectivity index (χ3n) is 12.1. The number of carbonyl (C=O) groups is 3. The van der Waals surface area contributed by atoms with Crippen molar-refractivity contribution < 1.29 is 28.6 Å². The lowest BCUT2D eigenvalue weighted by Gasteiger charge is -2.18. The zero-order valence-electron chi connectivity index (χ0n) is 45.0. The molecular weight excluding hydrogens is 853 g/mol. The van der Waals surface area contributed by atoms with Crippen LogP contribution in [0.25, 0.3) is 0 Å². The van der Waals surface area contributed by atoms with E-state index in [1.54, 1.807) is 0 Å². The van der Waals surface area contributed by atoms with Crippen LogP contribution in [0.15, 0.2) is 97.2 Å². The van der Waals surface area contributed by atoms with E-state index in [9.17, 15) is 14.4 Å². The lowest BCUT2D eigenvalue weighted by Crippen LogP contribution is -2.30. The molecule has 0 N–H and O–H groups in total. The Hall–Kier alpha value is -3.67.